The zero-order valence-corrected chi connectivity index (χ0v) is 17.4. The molecule has 1 aliphatic carbocycles. The smallest absolute Gasteiger partial charge is 0.274 e. The molecule has 6 heteroatoms. The van der Waals surface area contributed by atoms with Crippen LogP contribution in [0.3, 0.4) is 0 Å². The van der Waals surface area contributed by atoms with Gasteiger partial charge in [-0.2, -0.15) is 0 Å². The number of likely N-dealkylation sites (N-methyl/N-ethyl adjacent to an activating group) is 1. The number of hydrazine groups is 1. The Balaban J connectivity index is 1.77. The summed E-state index contributed by atoms with van der Waals surface area (Å²) < 4.78 is 6.02. The third kappa shape index (κ3) is 4.40. The largest absolute Gasteiger partial charge is 0.465 e. The lowest BCUT2D eigenvalue weighted by Gasteiger charge is -2.23. The van der Waals surface area contributed by atoms with Crippen molar-refractivity contribution in [3.05, 3.63) is 70.3 Å². The number of hydrogen-bond acceptors (Lipinski definition) is 6. The second kappa shape index (κ2) is 8.54. The van der Waals surface area contributed by atoms with Gasteiger partial charge in [-0.3, -0.25) is 4.79 Å². The van der Waals surface area contributed by atoms with Gasteiger partial charge in [0.25, 0.3) is 5.19 Å². The number of ketones is 1. The Kier molecular flexibility index (Phi) is 6.11. The van der Waals surface area contributed by atoms with Gasteiger partial charge in [0.1, 0.15) is 6.61 Å². The molecule has 1 heterocycles. The Bertz CT molecular complexity index is 952. The maximum Gasteiger partial charge on any atom is 0.274 e. The number of thiazole rings is 1. The van der Waals surface area contributed by atoms with Crippen molar-refractivity contribution in [2.45, 2.75) is 20.8 Å². The molecule has 0 saturated carbocycles. The number of rotatable bonds is 6. The molecule has 2 N–H and O–H groups in total. The van der Waals surface area contributed by atoms with Crippen molar-refractivity contribution >= 4 is 17.1 Å². The maximum atomic E-state index is 11.4. The molecule has 0 spiro atoms. The van der Waals surface area contributed by atoms with E-state index < -0.39 is 0 Å². The molecule has 1 aliphatic rings. The average Bonchev–Trinajstić information content (AvgIpc) is 3.09. The van der Waals surface area contributed by atoms with Crippen LogP contribution < -0.4 is 10.6 Å². The molecule has 0 amide bonds. The zero-order valence-electron chi connectivity index (χ0n) is 16.6. The van der Waals surface area contributed by atoms with Gasteiger partial charge >= 0.3 is 0 Å². The number of benzene rings is 1. The first-order chi connectivity index (χ1) is 13.4. The van der Waals surface area contributed by atoms with Crippen molar-refractivity contribution in [3.8, 4) is 16.5 Å². The number of nitrogens with two attached hydrogens (primary N) is 1. The number of carbonyl (C=O) groups is 1. The molecule has 1 aromatic heterocycles. The summed E-state index contributed by atoms with van der Waals surface area (Å²) in [6.45, 7) is 6.25. The third-order valence-corrected chi connectivity index (χ3v) is 5.70. The first-order valence-electron chi connectivity index (χ1n) is 9.13. The summed E-state index contributed by atoms with van der Waals surface area (Å²) >= 11 is 1.46. The van der Waals surface area contributed by atoms with Gasteiger partial charge in [-0.15, -0.1) is 0 Å². The highest BCUT2D eigenvalue weighted by Gasteiger charge is 2.19. The number of ether oxygens (including phenoxy) is 1. The van der Waals surface area contributed by atoms with Gasteiger partial charge in [-0.25, -0.2) is 10.8 Å². The molecule has 2 aromatic rings. The molecule has 0 radical (unpaired) electrons. The second-order valence-electron chi connectivity index (χ2n) is 6.93. The van der Waals surface area contributed by atoms with Gasteiger partial charge in [-0.05, 0) is 25.5 Å². The monoisotopic (exact) mass is 395 g/mol. The molecule has 3 rings (SSSR count). The van der Waals surface area contributed by atoms with Crippen LogP contribution in [0.2, 0.25) is 0 Å². The summed E-state index contributed by atoms with van der Waals surface area (Å²) in [4.78, 5) is 16.0. The summed E-state index contributed by atoms with van der Waals surface area (Å²) in [7, 11) is 1.83. The highest BCUT2D eigenvalue weighted by atomic mass is 32.1. The van der Waals surface area contributed by atoms with E-state index in [1.165, 1.54) is 16.9 Å². The zero-order chi connectivity index (χ0) is 20.3. The minimum Gasteiger partial charge on any atom is -0.465 e. The van der Waals surface area contributed by atoms with Crippen molar-refractivity contribution in [2.24, 2.45) is 11.8 Å². The normalized spacial score (nSPS) is 16.6. The molecule has 0 aliphatic heterocycles. The number of nitrogens with zero attached hydrogens (tertiary/aromatic N) is 2. The number of Topliss-reactive ketones (excluding diaryl/α,β-unsaturated/α-hetero) is 1. The van der Waals surface area contributed by atoms with Crippen LogP contribution in [0.5, 0.6) is 5.19 Å². The van der Waals surface area contributed by atoms with Gasteiger partial charge in [0.15, 0.2) is 5.78 Å². The molecule has 1 atom stereocenters. The highest BCUT2D eigenvalue weighted by molar-refractivity contribution is 7.11. The molecular weight excluding hydrogens is 370 g/mol. The van der Waals surface area contributed by atoms with Gasteiger partial charge in [-0.1, -0.05) is 60.3 Å². The van der Waals surface area contributed by atoms with Gasteiger partial charge < -0.3 is 9.75 Å². The molecular formula is C22H25N3O2S. The topological polar surface area (TPSA) is 68.5 Å². The summed E-state index contributed by atoms with van der Waals surface area (Å²) in [5.41, 5.74) is 5.83. The fourth-order valence-electron chi connectivity index (χ4n) is 3.05. The predicted octanol–water partition coefficient (Wildman–Crippen LogP) is 4.60. The van der Waals surface area contributed by atoms with Crippen LogP contribution in [-0.2, 0) is 0 Å². The first-order valence-corrected chi connectivity index (χ1v) is 10.0. The molecule has 0 bridgehead atoms. The van der Waals surface area contributed by atoms with E-state index in [2.05, 4.69) is 24.9 Å². The van der Waals surface area contributed by atoms with Crippen LogP contribution >= 0.6 is 11.3 Å². The number of carbonyl (C=O) groups excluding carboxylic acids is 1. The molecule has 0 saturated heterocycles. The van der Waals surface area contributed by atoms with E-state index in [0.717, 1.165) is 22.5 Å². The van der Waals surface area contributed by atoms with Crippen LogP contribution in [0.4, 0.5) is 0 Å². The standard InChI is InChI=1S/C22H25N3O2S/c1-14-6-5-7-21(25(4)23)19(15(14)2)12-27-22-24-20(13-28-22)18-10-8-17(9-11-18)16(3)26/h5-11,13,15H,12,23H2,1-4H3. The van der Waals surface area contributed by atoms with Crippen LogP contribution in [0, 0.1) is 5.92 Å². The van der Waals surface area contributed by atoms with Crippen molar-refractivity contribution in [1.29, 1.82) is 0 Å². The van der Waals surface area contributed by atoms with Crippen LogP contribution in [0.15, 0.2) is 64.7 Å². The fourth-order valence-corrected chi connectivity index (χ4v) is 3.73. The Hall–Kier alpha value is -2.70. The molecule has 1 aromatic carbocycles. The van der Waals surface area contributed by atoms with E-state index in [-0.39, 0.29) is 11.7 Å². The molecule has 28 heavy (non-hydrogen) atoms. The lowest BCUT2D eigenvalue weighted by Crippen LogP contribution is -2.28. The van der Waals surface area contributed by atoms with E-state index in [9.17, 15) is 4.79 Å². The van der Waals surface area contributed by atoms with Gasteiger partial charge in [0.2, 0.25) is 0 Å². The van der Waals surface area contributed by atoms with E-state index in [1.54, 1.807) is 11.9 Å². The third-order valence-electron chi connectivity index (χ3n) is 4.95. The number of hydrogen-bond donors (Lipinski definition) is 1. The SMILES string of the molecule is CC(=O)c1ccc(-c2csc(OCC3=C(N(C)N)C=CC=C(C)C3C)n2)cc1. The second-order valence-corrected chi connectivity index (χ2v) is 7.75. The van der Waals surface area contributed by atoms with E-state index in [1.807, 2.05) is 48.8 Å². The maximum absolute atomic E-state index is 11.4. The van der Waals surface area contributed by atoms with Crippen molar-refractivity contribution < 1.29 is 9.53 Å². The first kappa shape index (κ1) is 20.0. The van der Waals surface area contributed by atoms with Crippen molar-refractivity contribution in [3.63, 3.8) is 0 Å². The number of aromatic nitrogens is 1. The van der Waals surface area contributed by atoms with Crippen molar-refractivity contribution in [1.82, 2.24) is 9.99 Å². The minimum absolute atomic E-state index is 0.0544. The van der Waals surface area contributed by atoms with Crippen LogP contribution in [0.1, 0.15) is 31.1 Å². The Morgan fingerprint density at radius 3 is 2.68 bits per heavy atom. The lowest BCUT2D eigenvalue weighted by molar-refractivity contribution is 0.101. The van der Waals surface area contributed by atoms with E-state index in [0.29, 0.717) is 17.4 Å². The average molecular weight is 396 g/mol. The van der Waals surface area contributed by atoms with Crippen LogP contribution in [0.25, 0.3) is 11.3 Å². The van der Waals surface area contributed by atoms with Crippen LogP contribution in [-0.4, -0.2) is 29.4 Å². The Morgan fingerprint density at radius 1 is 1.32 bits per heavy atom. The summed E-state index contributed by atoms with van der Waals surface area (Å²) in [5.74, 6) is 6.31. The summed E-state index contributed by atoms with van der Waals surface area (Å²) in [6.07, 6.45) is 6.13. The fraction of sp³-hybridized carbons (Fsp3) is 0.273. The minimum atomic E-state index is 0.0544. The van der Waals surface area contributed by atoms with Gasteiger partial charge in [0.05, 0.1) is 11.4 Å². The molecule has 1 unspecified atom stereocenters. The molecule has 0 fully saturated rings. The predicted molar refractivity (Wildman–Crippen MR) is 114 cm³/mol. The Morgan fingerprint density at radius 2 is 2.04 bits per heavy atom. The number of allylic oxidation sites excluding steroid dienone is 4. The molecule has 146 valence electrons. The summed E-state index contributed by atoms with van der Waals surface area (Å²) in [5, 5.41) is 4.20. The lowest BCUT2D eigenvalue weighted by atomic mass is 9.93. The van der Waals surface area contributed by atoms with E-state index >= 15 is 0 Å². The highest BCUT2D eigenvalue weighted by Crippen LogP contribution is 2.30. The van der Waals surface area contributed by atoms with Crippen molar-refractivity contribution in [2.75, 3.05) is 13.7 Å². The quantitative estimate of drug-likeness (QED) is 0.440. The summed E-state index contributed by atoms with van der Waals surface area (Å²) in [6, 6.07) is 7.46. The Labute approximate surface area is 169 Å². The van der Waals surface area contributed by atoms with Gasteiger partial charge in [0, 0.05) is 29.5 Å². The molecule has 5 nitrogen and oxygen atoms in total. The van der Waals surface area contributed by atoms with E-state index in [4.69, 9.17) is 10.6 Å².